The molecular formula is C13H29N3. The van der Waals surface area contributed by atoms with E-state index in [9.17, 15) is 0 Å². The molecule has 0 saturated carbocycles. The van der Waals surface area contributed by atoms with Crippen LogP contribution in [0, 0.1) is 0 Å². The summed E-state index contributed by atoms with van der Waals surface area (Å²) in [5.41, 5.74) is 0. The summed E-state index contributed by atoms with van der Waals surface area (Å²) in [6, 6.07) is 1.44. The fourth-order valence-corrected chi connectivity index (χ4v) is 2.36. The van der Waals surface area contributed by atoms with Crippen LogP contribution >= 0.6 is 0 Å². The van der Waals surface area contributed by atoms with Gasteiger partial charge in [0.05, 0.1) is 0 Å². The fraction of sp³-hybridized carbons (Fsp3) is 1.00. The van der Waals surface area contributed by atoms with Gasteiger partial charge in [-0.1, -0.05) is 13.8 Å². The summed E-state index contributed by atoms with van der Waals surface area (Å²) in [7, 11) is 0. The summed E-state index contributed by atoms with van der Waals surface area (Å²) in [6.07, 6.45) is 1.27. The molecule has 3 heteroatoms. The van der Waals surface area contributed by atoms with Crippen molar-refractivity contribution < 1.29 is 0 Å². The molecule has 1 heterocycles. The highest BCUT2D eigenvalue weighted by molar-refractivity contribution is 4.79. The molecule has 2 unspecified atom stereocenters. The minimum atomic E-state index is 0.680. The van der Waals surface area contributed by atoms with E-state index in [2.05, 4.69) is 42.8 Å². The Morgan fingerprint density at radius 3 is 1.88 bits per heavy atom. The van der Waals surface area contributed by atoms with Crippen LogP contribution in [0.25, 0.3) is 0 Å². The molecule has 0 amide bonds. The second-order valence-corrected chi connectivity index (χ2v) is 4.99. The molecule has 3 nitrogen and oxygen atoms in total. The Balaban J connectivity index is 2.25. The lowest BCUT2D eigenvalue weighted by Gasteiger charge is -2.40. The third-order valence-electron chi connectivity index (χ3n) is 3.88. The molecule has 96 valence electrons. The zero-order chi connectivity index (χ0) is 12.0. The summed E-state index contributed by atoms with van der Waals surface area (Å²) < 4.78 is 0. The highest BCUT2D eigenvalue weighted by Crippen LogP contribution is 2.10. The third-order valence-corrected chi connectivity index (χ3v) is 3.88. The predicted octanol–water partition coefficient (Wildman–Crippen LogP) is 1.40. The van der Waals surface area contributed by atoms with E-state index < -0.39 is 0 Å². The minimum Gasteiger partial charge on any atom is -0.315 e. The Labute approximate surface area is 101 Å². The van der Waals surface area contributed by atoms with Crippen molar-refractivity contribution in [1.82, 2.24) is 15.1 Å². The van der Waals surface area contributed by atoms with E-state index in [0.717, 1.165) is 19.1 Å². The Morgan fingerprint density at radius 2 is 1.44 bits per heavy atom. The van der Waals surface area contributed by atoms with Gasteiger partial charge in [0.25, 0.3) is 0 Å². The molecule has 1 aliphatic heterocycles. The van der Waals surface area contributed by atoms with E-state index in [1.807, 2.05) is 0 Å². The number of nitrogens with one attached hydrogen (secondary N) is 1. The lowest BCUT2D eigenvalue weighted by molar-refractivity contribution is 0.0773. The van der Waals surface area contributed by atoms with Crippen LogP contribution < -0.4 is 5.32 Å². The average Bonchev–Trinajstić information content (AvgIpc) is 2.35. The van der Waals surface area contributed by atoms with Gasteiger partial charge in [-0.3, -0.25) is 9.80 Å². The summed E-state index contributed by atoms with van der Waals surface area (Å²) in [5, 5.41) is 3.44. The largest absolute Gasteiger partial charge is 0.315 e. The number of piperazine rings is 1. The van der Waals surface area contributed by atoms with Crippen LogP contribution in [0.3, 0.4) is 0 Å². The average molecular weight is 227 g/mol. The first-order valence-corrected chi connectivity index (χ1v) is 6.87. The quantitative estimate of drug-likeness (QED) is 0.740. The molecule has 1 rings (SSSR count). The number of hydrogen-bond acceptors (Lipinski definition) is 3. The zero-order valence-corrected chi connectivity index (χ0v) is 11.5. The summed E-state index contributed by atoms with van der Waals surface area (Å²) in [5.74, 6) is 0. The molecule has 0 aromatic heterocycles. The van der Waals surface area contributed by atoms with E-state index >= 15 is 0 Å². The summed E-state index contributed by atoms with van der Waals surface area (Å²) in [6.45, 7) is 16.3. The summed E-state index contributed by atoms with van der Waals surface area (Å²) in [4.78, 5) is 5.23. The van der Waals surface area contributed by atoms with Crippen molar-refractivity contribution in [2.45, 2.75) is 46.2 Å². The van der Waals surface area contributed by atoms with Gasteiger partial charge in [0, 0.05) is 44.8 Å². The molecule has 1 fully saturated rings. The van der Waals surface area contributed by atoms with Gasteiger partial charge in [0.2, 0.25) is 0 Å². The van der Waals surface area contributed by atoms with Gasteiger partial charge in [-0.15, -0.1) is 0 Å². The molecule has 0 aromatic rings. The molecule has 0 aliphatic carbocycles. The molecule has 0 aromatic carbocycles. The van der Waals surface area contributed by atoms with Crippen LogP contribution in [0.1, 0.15) is 34.1 Å². The van der Waals surface area contributed by atoms with Crippen LogP contribution in [0.15, 0.2) is 0 Å². The number of nitrogens with zero attached hydrogens (tertiary/aromatic N) is 2. The molecule has 1 aliphatic rings. The predicted molar refractivity (Wildman–Crippen MR) is 70.9 cm³/mol. The Bertz CT molecular complexity index is 176. The lowest BCUT2D eigenvalue weighted by atomic mass is 10.1. The van der Waals surface area contributed by atoms with Crippen molar-refractivity contribution in [1.29, 1.82) is 0 Å². The van der Waals surface area contributed by atoms with Gasteiger partial charge in [-0.2, -0.15) is 0 Å². The van der Waals surface area contributed by atoms with Crippen LogP contribution in [0.2, 0.25) is 0 Å². The number of likely N-dealkylation sites (N-methyl/N-ethyl adjacent to an activating group) is 1. The van der Waals surface area contributed by atoms with Crippen molar-refractivity contribution in [2.24, 2.45) is 0 Å². The van der Waals surface area contributed by atoms with E-state index in [0.29, 0.717) is 6.04 Å². The maximum absolute atomic E-state index is 3.44. The first-order valence-electron chi connectivity index (χ1n) is 6.87. The van der Waals surface area contributed by atoms with E-state index in [4.69, 9.17) is 0 Å². The fourth-order valence-electron chi connectivity index (χ4n) is 2.36. The van der Waals surface area contributed by atoms with Gasteiger partial charge in [-0.05, 0) is 26.8 Å². The molecule has 0 bridgehead atoms. The van der Waals surface area contributed by atoms with Crippen molar-refractivity contribution in [3.63, 3.8) is 0 Å². The van der Waals surface area contributed by atoms with Crippen LogP contribution in [-0.4, -0.2) is 61.2 Å². The van der Waals surface area contributed by atoms with Crippen molar-refractivity contribution in [3.8, 4) is 0 Å². The van der Waals surface area contributed by atoms with Crippen LogP contribution in [0.5, 0.6) is 0 Å². The number of rotatable bonds is 6. The summed E-state index contributed by atoms with van der Waals surface area (Å²) >= 11 is 0. The maximum Gasteiger partial charge on any atom is 0.0193 e. The smallest absolute Gasteiger partial charge is 0.0193 e. The maximum atomic E-state index is 3.44. The zero-order valence-electron chi connectivity index (χ0n) is 11.5. The van der Waals surface area contributed by atoms with Crippen molar-refractivity contribution in [2.75, 3.05) is 39.3 Å². The normalized spacial score (nSPS) is 23.2. The highest BCUT2D eigenvalue weighted by Gasteiger charge is 2.22. The minimum absolute atomic E-state index is 0.680. The second kappa shape index (κ2) is 7.25. The molecule has 16 heavy (non-hydrogen) atoms. The standard InChI is InChI=1S/C13H29N3/c1-5-12(3)15-7-9-16(10-8-15)13(4)11-14-6-2/h12-14H,5-11H2,1-4H3. The van der Waals surface area contributed by atoms with E-state index in [1.165, 1.54) is 32.6 Å². The van der Waals surface area contributed by atoms with Gasteiger partial charge in [-0.25, -0.2) is 0 Å². The van der Waals surface area contributed by atoms with E-state index in [-0.39, 0.29) is 0 Å². The third kappa shape index (κ3) is 4.04. The molecule has 1 saturated heterocycles. The first kappa shape index (κ1) is 13.9. The second-order valence-electron chi connectivity index (χ2n) is 4.99. The monoisotopic (exact) mass is 227 g/mol. The lowest BCUT2D eigenvalue weighted by Crippen LogP contribution is -2.53. The Kier molecular flexibility index (Phi) is 6.32. The molecule has 2 atom stereocenters. The molecule has 0 spiro atoms. The van der Waals surface area contributed by atoms with Crippen LogP contribution in [-0.2, 0) is 0 Å². The van der Waals surface area contributed by atoms with Crippen molar-refractivity contribution >= 4 is 0 Å². The molecular weight excluding hydrogens is 198 g/mol. The number of hydrogen-bond donors (Lipinski definition) is 1. The first-order chi connectivity index (χ1) is 7.69. The topological polar surface area (TPSA) is 18.5 Å². The van der Waals surface area contributed by atoms with E-state index in [1.54, 1.807) is 0 Å². The Morgan fingerprint density at radius 1 is 0.938 bits per heavy atom. The van der Waals surface area contributed by atoms with Gasteiger partial charge in [0.1, 0.15) is 0 Å². The molecule has 1 N–H and O–H groups in total. The van der Waals surface area contributed by atoms with Gasteiger partial charge in [0.15, 0.2) is 0 Å². The van der Waals surface area contributed by atoms with Crippen molar-refractivity contribution in [3.05, 3.63) is 0 Å². The SMILES string of the molecule is CCNCC(C)N1CCN(C(C)CC)CC1. The highest BCUT2D eigenvalue weighted by atomic mass is 15.3. The Hall–Kier alpha value is -0.120. The van der Waals surface area contributed by atoms with Crippen LogP contribution in [0.4, 0.5) is 0 Å². The van der Waals surface area contributed by atoms with Gasteiger partial charge >= 0.3 is 0 Å². The molecule has 0 radical (unpaired) electrons. The van der Waals surface area contributed by atoms with Gasteiger partial charge < -0.3 is 5.32 Å².